The van der Waals surface area contributed by atoms with Crippen LogP contribution in [0.1, 0.15) is 29.5 Å². The number of carbonyl (C=O) groups is 1. The van der Waals surface area contributed by atoms with Gasteiger partial charge in [-0.05, 0) is 37.5 Å². The number of aromatic nitrogens is 1. The molecule has 26 heavy (non-hydrogen) atoms. The van der Waals surface area contributed by atoms with Crippen LogP contribution in [-0.4, -0.2) is 16.6 Å². The van der Waals surface area contributed by atoms with Crippen molar-refractivity contribution in [3.05, 3.63) is 52.2 Å². The Labute approximate surface area is 159 Å². The average molecular weight is 403 g/mol. The second-order valence-corrected chi connectivity index (χ2v) is 7.27. The Kier molecular flexibility index (Phi) is 6.94. The summed E-state index contributed by atoms with van der Waals surface area (Å²) in [5.74, 6) is 0.424. The quantitative estimate of drug-likeness (QED) is 0.484. The van der Waals surface area contributed by atoms with E-state index in [0.29, 0.717) is 23.6 Å². The number of carbonyl (C=O) groups excluding carboxylic acids is 1. The number of pyridine rings is 1. The Balaban J connectivity index is 1.83. The fraction of sp³-hybridized carbons (Fsp3) is 0.333. The predicted octanol–water partition coefficient (Wildman–Crippen LogP) is 5.88. The molecule has 2 rings (SSSR count). The van der Waals surface area contributed by atoms with Gasteiger partial charge in [-0.3, -0.25) is 4.79 Å². The predicted molar refractivity (Wildman–Crippen MR) is 98.8 cm³/mol. The van der Waals surface area contributed by atoms with Gasteiger partial charge in [0.25, 0.3) is 0 Å². The highest BCUT2D eigenvalue weighted by atomic mass is 35.5. The zero-order valence-electron chi connectivity index (χ0n) is 14.3. The highest BCUT2D eigenvalue weighted by molar-refractivity contribution is 7.99. The molecule has 0 atom stereocenters. The first-order chi connectivity index (χ1) is 12.2. The number of benzene rings is 1. The van der Waals surface area contributed by atoms with Crippen LogP contribution in [0.25, 0.3) is 0 Å². The van der Waals surface area contributed by atoms with E-state index in [1.807, 2.05) is 32.0 Å². The molecule has 0 unspecified atom stereocenters. The van der Waals surface area contributed by atoms with Gasteiger partial charge in [-0.1, -0.05) is 29.8 Å². The number of aryl methyl sites for hydroxylation is 2. The zero-order chi connectivity index (χ0) is 19.3. The zero-order valence-corrected chi connectivity index (χ0v) is 15.9. The standard InChI is InChI=1S/C18H18ClF3N2OS/c1-11-5-3-6-12(2)16(11)24-15(25)7-4-8-26-17-14(19)9-13(10-23-17)18(20,21)22/h3,5-6,9-10H,4,7-8H2,1-2H3,(H,24,25). The van der Waals surface area contributed by atoms with E-state index < -0.39 is 11.7 Å². The van der Waals surface area contributed by atoms with Crippen molar-refractivity contribution in [1.29, 1.82) is 0 Å². The minimum Gasteiger partial charge on any atom is -0.326 e. The summed E-state index contributed by atoms with van der Waals surface area (Å²) in [6.45, 7) is 3.85. The topological polar surface area (TPSA) is 42.0 Å². The minimum atomic E-state index is -4.47. The molecule has 1 amide bonds. The molecule has 3 nitrogen and oxygen atoms in total. The third-order valence-corrected chi connectivity index (χ3v) is 5.16. The lowest BCUT2D eigenvalue weighted by atomic mass is 10.1. The lowest BCUT2D eigenvalue weighted by Gasteiger charge is -2.11. The molecule has 2 aromatic rings. The number of thioether (sulfide) groups is 1. The summed E-state index contributed by atoms with van der Waals surface area (Å²) in [7, 11) is 0. The molecular weight excluding hydrogens is 385 g/mol. The number of nitrogens with one attached hydrogen (secondary N) is 1. The summed E-state index contributed by atoms with van der Waals surface area (Å²) in [6, 6.07) is 6.65. The van der Waals surface area contributed by atoms with Gasteiger partial charge in [0.1, 0.15) is 5.03 Å². The van der Waals surface area contributed by atoms with Crippen molar-refractivity contribution in [1.82, 2.24) is 4.98 Å². The van der Waals surface area contributed by atoms with Gasteiger partial charge in [0.05, 0.1) is 10.6 Å². The van der Waals surface area contributed by atoms with E-state index >= 15 is 0 Å². The van der Waals surface area contributed by atoms with Gasteiger partial charge < -0.3 is 5.32 Å². The highest BCUT2D eigenvalue weighted by Crippen LogP contribution is 2.33. The van der Waals surface area contributed by atoms with E-state index in [1.54, 1.807) is 0 Å². The molecule has 0 saturated heterocycles. The number of para-hydroxylation sites is 1. The molecule has 0 aliphatic heterocycles. The largest absolute Gasteiger partial charge is 0.417 e. The normalized spacial score (nSPS) is 11.5. The average Bonchev–Trinajstić information content (AvgIpc) is 2.55. The van der Waals surface area contributed by atoms with Crippen LogP contribution in [0.5, 0.6) is 0 Å². The maximum Gasteiger partial charge on any atom is 0.417 e. The summed E-state index contributed by atoms with van der Waals surface area (Å²) >= 11 is 7.09. The molecule has 1 aromatic heterocycles. The van der Waals surface area contributed by atoms with Gasteiger partial charge >= 0.3 is 6.18 Å². The monoisotopic (exact) mass is 402 g/mol. The summed E-state index contributed by atoms with van der Waals surface area (Å²) in [5.41, 5.74) is 1.93. The van der Waals surface area contributed by atoms with E-state index in [4.69, 9.17) is 11.6 Å². The van der Waals surface area contributed by atoms with Crippen LogP contribution in [0, 0.1) is 13.8 Å². The molecule has 1 N–H and O–H groups in total. The fourth-order valence-corrected chi connectivity index (χ4v) is 3.44. The number of nitrogens with zero attached hydrogens (tertiary/aromatic N) is 1. The number of anilines is 1. The third-order valence-electron chi connectivity index (χ3n) is 3.67. The second-order valence-electron chi connectivity index (χ2n) is 5.78. The number of hydrogen-bond donors (Lipinski definition) is 1. The summed E-state index contributed by atoms with van der Waals surface area (Å²) in [6.07, 6.45) is -2.84. The number of amides is 1. The van der Waals surface area contributed by atoms with Crippen molar-refractivity contribution in [3.63, 3.8) is 0 Å². The smallest absolute Gasteiger partial charge is 0.326 e. The van der Waals surface area contributed by atoms with Crippen LogP contribution in [0.2, 0.25) is 5.02 Å². The Hall–Kier alpha value is -1.73. The van der Waals surface area contributed by atoms with Gasteiger partial charge in [0, 0.05) is 24.1 Å². The molecule has 0 radical (unpaired) electrons. The Morgan fingerprint density at radius 3 is 2.50 bits per heavy atom. The number of rotatable bonds is 6. The molecule has 140 valence electrons. The van der Waals surface area contributed by atoms with Gasteiger partial charge in [0.2, 0.25) is 5.91 Å². The van der Waals surface area contributed by atoms with E-state index in [1.165, 1.54) is 11.8 Å². The van der Waals surface area contributed by atoms with Gasteiger partial charge in [-0.25, -0.2) is 4.98 Å². The molecule has 0 aliphatic rings. The van der Waals surface area contributed by atoms with Gasteiger partial charge in [-0.2, -0.15) is 13.2 Å². The van der Waals surface area contributed by atoms with Crippen LogP contribution in [-0.2, 0) is 11.0 Å². The van der Waals surface area contributed by atoms with Crippen LogP contribution in [0.4, 0.5) is 18.9 Å². The van der Waals surface area contributed by atoms with Crippen molar-refractivity contribution >= 4 is 35.0 Å². The Morgan fingerprint density at radius 2 is 1.92 bits per heavy atom. The van der Waals surface area contributed by atoms with Crippen molar-refractivity contribution in [2.75, 3.05) is 11.1 Å². The second kappa shape index (κ2) is 8.77. The lowest BCUT2D eigenvalue weighted by Crippen LogP contribution is -2.13. The van der Waals surface area contributed by atoms with E-state index in [2.05, 4.69) is 10.3 Å². The summed E-state index contributed by atoms with van der Waals surface area (Å²) < 4.78 is 37.7. The summed E-state index contributed by atoms with van der Waals surface area (Å²) in [5, 5.41) is 3.19. The molecule has 0 aliphatic carbocycles. The third kappa shape index (κ3) is 5.64. The molecule has 0 bridgehead atoms. The molecule has 0 saturated carbocycles. The first-order valence-electron chi connectivity index (χ1n) is 7.90. The van der Waals surface area contributed by atoms with Crippen molar-refractivity contribution in [3.8, 4) is 0 Å². The Bertz CT molecular complexity index is 776. The minimum absolute atomic E-state index is 0.0372. The van der Waals surface area contributed by atoms with Crippen molar-refractivity contribution in [2.45, 2.75) is 37.9 Å². The molecule has 0 spiro atoms. The van der Waals surface area contributed by atoms with Gasteiger partial charge in [-0.15, -0.1) is 11.8 Å². The van der Waals surface area contributed by atoms with E-state index in [0.717, 1.165) is 29.1 Å². The SMILES string of the molecule is Cc1cccc(C)c1NC(=O)CCCSc1ncc(C(F)(F)F)cc1Cl. The molecule has 8 heteroatoms. The van der Waals surface area contributed by atoms with Crippen molar-refractivity contribution in [2.24, 2.45) is 0 Å². The fourth-order valence-electron chi connectivity index (χ4n) is 2.30. The first kappa shape index (κ1) is 20.6. The molecule has 1 aromatic carbocycles. The van der Waals surface area contributed by atoms with E-state index in [9.17, 15) is 18.0 Å². The number of halogens is 4. The van der Waals surface area contributed by atoms with Crippen molar-refractivity contribution < 1.29 is 18.0 Å². The molecule has 0 fully saturated rings. The maximum atomic E-state index is 12.6. The molecule has 1 heterocycles. The Morgan fingerprint density at radius 1 is 1.27 bits per heavy atom. The number of alkyl halides is 3. The first-order valence-corrected chi connectivity index (χ1v) is 9.26. The number of hydrogen-bond acceptors (Lipinski definition) is 3. The molecular formula is C18H18ClF3N2OS. The highest BCUT2D eigenvalue weighted by Gasteiger charge is 2.31. The summed E-state index contributed by atoms with van der Waals surface area (Å²) in [4.78, 5) is 15.8. The maximum absolute atomic E-state index is 12.6. The van der Waals surface area contributed by atoms with Crippen LogP contribution >= 0.6 is 23.4 Å². The lowest BCUT2D eigenvalue weighted by molar-refractivity contribution is -0.137. The van der Waals surface area contributed by atoms with E-state index in [-0.39, 0.29) is 10.9 Å². The van der Waals surface area contributed by atoms with Crippen LogP contribution in [0.3, 0.4) is 0 Å². The van der Waals surface area contributed by atoms with Crippen LogP contribution < -0.4 is 5.32 Å². The van der Waals surface area contributed by atoms with Crippen LogP contribution in [0.15, 0.2) is 35.5 Å². The van der Waals surface area contributed by atoms with Gasteiger partial charge in [0.15, 0.2) is 0 Å².